The third-order valence-electron chi connectivity index (χ3n) is 3.43. The van der Waals surface area contributed by atoms with Crippen LogP contribution >= 0.6 is 12.4 Å². The zero-order valence-corrected chi connectivity index (χ0v) is 11.7. The monoisotopic (exact) mass is 278 g/mol. The lowest BCUT2D eigenvalue weighted by Crippen LogP contribution is -2.53. The Hall–Kier alpha value is -0.360. The maximum atomic E-state index is 12.0. The first-order valence-electron chi connectivity index (χ1n) is 6.47. The molecule has 2 aliphatic heterocycles. The Kier molecular flexibility index (Phi) is 6.92. The first kappa shape index (κ1) is 15.7. The number of hydrogen-bond donors (Lipinski definition) is 1. The van der Waals surface area contributed by atoms with Crippen LogP contribution in [0.2, 0.25) is 0 Å². The van der Waals surface area contributed by atoms with Gasteiger partial charge in [-0.2, -0.15) is 0 Å². The molecule has 2 saturated heterocycles. The van der Waals surface area contributed by atoms with Gasteiger partial charge in [0, 0.05) is 38.9 Å². The molecule has 1 N–H and O–H groups in total. The molecule has 1 atom stereocenters. The van der Waals surface area contributed by atoms with Gasteiger partial charge in [0.2, 0.25) is 5.91 Å². The fourth-order valence-electron chi connectivity index (χ4n) is 2.33. The lowest BCUT2D eigenvalue weighted by atomic mass is 10.1. The van der Waals surface area contributed by atoms with Gasteiger partial charge < -0.3 is 19.7 Å². The van der Waals surface area contributed by atoms with Crippen molar-refractivity contribution in [2.75, 3.05) is 39.5 Å². The molecule has 1 amide bonds. The van der Waals surface area contributed by atoms with E-state index in [-0.39, 0.29) is 37.1 Å². The Bertz CT molecular complexity index is 260. The highest BCUT2D eigenvalue weighted by Gasteiger charge is 2.24. The van der Waals surface area contributed by atoms with Crippen molar-refractivity contribution < 1.29 is 14.3 Å². The number of carbonyl (C=O) groups excluding carboxylic acids is 1. The van der Waals surface area contributed by atoms with E-state index in [1.807, 2.05) is 4.90 Å². The fraction of sp³-hybridized carbons (Fsp3) is 0.917. The summed E-state index contributed by atoms with van der Waals surface area (Å²) in [5, 5.41) is 3.27. The first-order chi connectivity index (χ1) is 8.27. The van der Waals surface area contributed by atoms with E-state index >= 15 is 0 Å². The van der Waals surface area contributed by atoms with Crippen LogP contribution in [0.25, 0.3) is 0 Å². The van der Waals surface area contributed by atoms with E-state index in [0.717, 1.165) is 45.7 Å². The van der Waals surface area contributed by atoms with Crippen LogP contribution in [0.1, 0.15) is 19.8 Å². The molecule has 0 unspecified atom stereocenters. The van der Waals surface area contributed by atoms with Crippen LogP contribution in [-0.4, -0.2) is 62.4 Å². The standard InChI is InChI=1S/C12H22N2O3.ClH/c1-10-8-13-4-5-14(10)12(15)9-17-11-2-6-16-7-3-11;/h10-11,13H,2-9H2,1H3;1H/t10-;/m0./s1. The summed E-state index contributed by atoms with van der Waals surface area (Å²) < 4.78 is 10.9. The highest BCUT2D eigenvalue weighted by Crippen LogP contribution is 2.11. The van der Waals surface area contributed by atoms with Crippen molar-refractivity contribution in [3.63, 3.8) is 0 Å². The number of rotatable bonds is 3. The van der Waals surface area contributed by atoms with Crippen molar-refractivity contribution in [2.24, 2.45) is 0 Å². The van der Waals surface area contributed by atoms with Gasteiger partial charge in [0.05, 0.1) is 6.10 Å². The maximum Gasteiger partial charge on any atom is 0.248 e. The number of ether oxygens (including phenoxy) is 2. The van der Waals surface area contributed by atoms with Crippen molar-refractivity contribution in [1.82, 2.24) is 10.2 Å². The average molecular weight is 279 g/mol. The van der Waals surface area contributed by atoms with Gasteiger partial charge in [0.1, 0.15) is 6.61 Å². The van der Waals surface area contributed by atoms with Gasteiger partial charge >= 0.3 is 0 Å². The lowest BCUT2D eigenvalue weighted by molar-refractivity contribution is -0.143. The molecule has 0 aromatic rings. The van der Waals surface area contributed by atoms with Crippen LogP contribution in [0.15, 0.2) is 0 Å². The summed E-state index contributed by atoms with van der Waals surface area (Å²) in [5.41, 5.74) is 0. The third-order valence-corrected chi connectivity index (χ3v) is 3.43. The summed E-state index contributed by atoms with van der Waals surface area (Å²) in [4.78, 5) is 13.9. The van der Waals surface area contributed by atoms with Crippen LogP contribution in [0.3, 0.4) is 0 Å². The molecular formula is C12H23ClN2O3. The van der Waals surface area contributed by atoms with Crippen molar-refractivity contribution in [2.45, 2.75) is 31.9 Å². The summed E-state index contributed by atoms with van der Waals surface area (Å²) in [6, 6.07) is 0.273. The molecule has 2 rings (SSSR count). The minimum Gasteiger partial charge on any atom is -0.381 e. The number of piperazine rings is 1. The lowest BCUT2D eigenvalue weighted by Gasteiger charge is -2.34. The van der Waals surface area contributed by atoms with Gasteiger partial charge in [0.15, 0.2) is 0 Å². The van der Waals surface area contributed by atoms with E-state index < -0.39 is 0 Å². The van der Waals surface area contributed by atoms with Crippen LogP contribution in [0, 0.1) is 0 Å². The zero-order valence-electron chi connectivity index (χ0n) is 10.9. The number of nitrogens with one attached hydrogen (secondary N) is 1. The minimum absolute atomic E-state index is 0. The second-order valence-corrected chi connectivity index (χ2v) is 4.76. The quantitative estimate of drug-likeness (QED) is 0.813. The molecule has 0 aliphatic carbocycles. The van der Waals surface area contributed by atoms with Gasteiger partial charge in [-0.1, -0.05) is 0 Å². The normalized spacial score (nSPS) is 25.6. The molecule has 2 fully saturated rings. The number of nitrogens with zero attached hydrogens (tertiary/aromatic N) is 1. The number of hydrogen-bond acceptors (Lipinski definition) is 4. The number of carbonyl (C=O) groups is 1. The highest BCUT2D eigenvalue weighted by atomic mass is 35.5. The van der Waals surface area contributed by atoms with Gasteiger partial charge in [-0.25, -0.2) is 0 Å². The molecule has 0 bridgehead atoms. The SMILES string of the molecule is C[C@H]1CNCCN1C(=O)COC1CCOCC1.Cl. The van der Waals surface area contributed by atoms with E-state index in [1.165, 1.54) is 0 Å². The molecule has 0 radical (unpaired) electrons. The van der Waals surface area contributed by atoms with Gasteiger partial charge in [0.25, 0.3) is 0 Å². The van der Waals surface area contributed by atoms with E-state index in [2.05, 4.69) is 12.2 Å². The summed E-state index contributed by atoms with van der Waals surface area (Å²) in [6.45, 7) is 6.34. The van der Waals surface area contributed by atoms with E-state index in [9.17, 15) is 4.79 Å². The average Bonchev–Trinajstić information content (AvgIpc) is 2.38. The van der Waals surface area contributed by atoms with E-state index in [4.69, 9.17) is 9.47 Å². The Balaban J connectivity index is 0.00000162. The molecular weight excluding hydrogens is 256 g/mol. The Labute approximate surface area is 115 Å². The molecule has 106 valence electrons. The third kappa shape index (κ3) is 4.39. The van der Waals surface area contributed by atoms with Crippen molar-refractivity contribution in [1.29, 1.82) is 0 Å². The van der Waals surface area contributed by atoms with Crippen molar-refractivity contribution in [3.8, 4) is 0 Å². The van der Waals surface area contributed by atoms with E-state index in [1.54, 1.807) is 0 Å². The smallest absolute Gasteiger partial charge is 0.248 e. The largest absolute Gasteiger partial charge is 0.381 e. The topological polar surface area (TPSA) is 50.8 Å². The second-order valence-electron chi connectivity index (χ2n) is 4.76. The molecule has 2 aliphatic rings. The van der Waals surface area contributed by atoms with Gasteiger partial charge in [-0.05, 0) is 19.8 Å². The summed E-state index contributed by atoms with van der Waals surface area (Å²) in [7, 11) is 0. The number of amides is 1. The second kappa shape index (κ2) is 7.94. The predicted molar refractivity (Wildman–Crippen MR) is 71.1 cm³/mol. The summed E-state index contributed by atoms with van der Waals surface area (Å²) >= 11 is 0. The Morgan fingerprint density at radius 2 is 2.17 bits per heavy atom. The van der Waals surface area contributed by atoms with Crippen LogP contribution in [-0.2, 0) is 14.3 Å². The molecule has 18 heavy (non-hydrogen) atoms. The van der Waals surface area contributed by atoms with Crippen LogP contribution in [0.5, 0.6) is 0 Å². The minimum atomic E-state index is 0. The van der Waals surface area contributed by atoms with Gasteiger partial charge in [-0.15, -0.1) is 12.4 Å². The Morgan fingerprint density at radius 1 is 1.44 bits per heavy atom. The predicted octanol–water partition coefficient (Wildman–Crippen LogP) is 0.424. The van der Waals surface area contributed by atoms with Crippen LogP contribution in [0.4, 0.5) is 0 Å². The molecule has 5 nitrogen and oxygen atoms in total. The van der Waals surface area contributed by atoms with Crippen molar-refractivity contribution in [3.05, 3.63) is 0 Å². The van der Waals surface area contributed by atoms with Crippen molar-refractivity contribution >= 4 is 18.3 Å². The summed E-state index contributed by atoms with van der Waals surface area (Å²) in [5.74, 6) is 0.116. The Morgan fingerprint density at radius 3 is 2.83 bits per heavy atom. The first-order valence-corrected chi connectivity index (χ1v) is 6.47. The van der Waals surface area contributed by atoms with Crippen LogP contribution < -0.4 is 5.32 Å². The maximum absolute atomic E-state index is 12.0. The molecule has 0 aromatic heterocycles. The summed E-state index contributed by atoms with van der Waals surface area (Å²) in [6.07, 6.45) is 2.01. The molecule has 2 heterocycles. The number of halogens is 1. The van der Waals surface area contributed by atoms with Gasteiger partial charge in [-0.3, -0.25) is 4.79 Å². The molecule has 6 heteroatoms. The molecule has 0 saturated carbocycles. The molecule has 0 spiro atoms. The fourth-order valence-corrected chi connectivity index (χ4v) is 2.33. The van der Waals surface area contributed by atoms with E-state index in [0.29, 0.717) is 0 Å². The highest BCUT2D eigenvalue weighted by molar-refractivity contribution is 5.85. The zero-order chi connectivity index (χ0) is 12.1. The molecule has 0 aromatic carbocycles.